The van der Waals surface area contributed by atoms with E-state index in [2.05, 4.69) is 22.8 Å². The number of pyridine rings is 1. The van der Waals surface area contributed by atoms with Crippen LogP contribution in [0.1, 0.15) is 59.3 Å². The fourth-order valence-electron chi connectivity index (χ4n) is 4.64. The molecule has 11 heteroatoms. The Morgan fingerprint density at radius 3 is 2.73 bits per heavy atom. The number of carbonyl (C=O) groups is 2. The molecule has 2 aliphatic rings. The van der Waals surface area contributed by atoms with Gasteiger partial charge in [0.15, 0.2) is 0 Å². The molecule has 0 spiro atoms. The Labute approximate surface area is 211 Å². The molecule has 3 N–H and O–H groups in total. The summed E-state index contributed by atoms with van der Waals surface area (Å²) < 4.78 is 58.0. The van der Waals surface area contributed by atoms with Crippen molar-refractivity contribution in [2.75, 3.05) is 18.5 Å². The number of carboxylic acid groups (broad SMARTS) is 1. The predicted octanol–water partition coefficient (Wildman–Crippen LogP) is 4.60. The lowest BCUT2D eigenvalue weighted by Crippen LogP contribution is -2.42. The number of alkyl halides is 3. The minimum atomic E-state index is -4.84. The molecule has 1 atom stereocenters. The van der Waals surface area contributed by atoms with E-state index in [1.54, 1.807) is 0 Å². The van der Waals surface area contributed by atoms with Crippen LogP contribution in [0, 0.1) is 11.7 Å². The molecule has 7 nitrogen and oxygen atoms in total. The van der Waals surface area contributed by atoms with E-state index >= 15 is 0 Å². The van der Waals surface area contributed by atoms with Crippen molar-refractivity contribution in [2.45, 2.75) is 63.3 Å². The van der Waals surface area contributed by atoms with Gasteiger partial charge in [0.05, 0.1) is 11.7 Å². The zero-order chi connectivity index (χ0) is 26.6. The van der Waals surface area contributed by atoms with Crippen molar-refractivity contribution in [3.8, 4) is 0 Å². The summed E-state index contributed by atoms with van der Waals surface area (Å²) in [5.41, 5.74) is 0.375. The van der Waals surface area contributed by atoms with Crippen molar-refractivity contribution in [2.24, 2.45) is 5.92 Å². The highest BCUT2D eigenvalue weighted by molar-refractivity contribution is 5.96. The standard InChI is InChI=1S/C26H29F4N3O4/c27-19-13-17(12-18(14-19)26(28,29)30)24(34)33-22(25(35)36)7-9-37-21-10-15(11-21)3-5-20-6-4-16-2-1-8-31-23(16)32-20/h4,6,12-15,21-22H,1-3,5,7-11H2,(H,31,32)(H,33,34)(H,35,36). The van der Waals surface area contributed by atoms with Crippen molar-refractivity contribution in [1.82, 2.24) is 10.3 Å². The monoisotopic (exact) mass is 523 g/mol. The molecule has 2 aromatic rings. The Balaban J connectivity index is 1.19. The van der Waals surface area contributed by atoms with Crippen molar-refractivity contribution in [3.63, 3.8) is 0 Å². The maximum atomic E-state index is 13.6. The summed E-state index contributed by atoms with van der Waals surface area (Å²) in [5, 5.41) is 14.9. The first-order valence-electron chi connectivity index (χ1n) is 12.3. The lowest BCUT2D eigenvalue weighted by atomic mass is 9.79. The fraction of sp³-hybridized carbons (Fsp3) is 0.500. The Hall–Kier alpha value is -3.21. The van der Waals surface area contributed by atoms with Gasteiger partial charge in [0.25, 0.3) is 5.91 Å². The van der Waals surface area contributed by atoms with Crippen molar-refractivity contribution in [3.05, 3.63) is 58.5 Å². The van der Waals surface area contributed by atoms with Gasteiger partial charge in [0.2, 0.25) is 0 Å². The van der Waals surface area contributed by atoms with Crippen LogP contribution in [0.25, 0.3) is 0 Å². The molecule has 1 fully saturated rings. The summed E-state index contributed by atoms with van der Waals surface area (Å²) in [6.07, 6.45) is 0.782. The Morgan fingerprint density at radius 2 is 2.00 bits per heavy atom. The number of benzene rings is 1. The number of amides is 1. The third-order valence-corrected chi connectivity index (χ3v) is 6.80. The molecule has 0 saturated heterocycles. The molecular formula is C26H29F4N3O4. The van der Waals surface area contributed by atoms with Gasteiger partial charge in [-0.05, 0) is 74.3 Å². The predicted molar refractivity (Wildman–Crippen MR) is 127 cm³/mol. The number of aryl methyl sites for hydroxylation is 2. The number of nitrogens with zero attached hydrogens (tertiary/aromatic N) is 1. The van der Waals surface area contributed by atoms with Gasteiger partial charge in [-0.1, -0.05) is 6.07 Å². The summed E-state index contributed by atoms with van der Waals surface area (Å²) in [6.45, 7) is 1.00. The molecule has 4 rings (SSSR count). The average molecular weight is 524 g/mol. The summed E-state index contributed by atoms with van der Waals surface area (Å²) in [4.78, 5) is 28.6. The van der Waals surface area contributed by atoms with Gasteiger partial charge >= 0.3 is 12.1 Å². The van der Waals surface area contributed by atoms with Crippen LogP contribution in [-0.2, 0) is 28.5 Å². The van der Waals surface area contributed by atoms with E-state index < -0.39 is 41.0 Å². The number of fused-ring (bicyclic) bond motifs is 1. The zero-order valence-electron chi connectivity index (χ0n) is 20.1. The van der Waals surface area contributed by atoms with Crippen LogP contribution in [0.15, 0.2) is 30.3 Å². The highest BCUT2D eigenvalue weighted by Gasteiger charge is 2.33. The molecule has 1 aliphatic carbocycles. The van der Waals surface area contributed by atoms with Gasteiger partial charge in [0, 0.05) is 30.8 Å². The summed E-state index contributed by atoms with van der Waals surface area (Å²) in [5.74, 6) is -2.23. The van der Waals surface area contributed by atoms with Gasteiger partial charge in [0.1, 0.15) is 17.7 Å². The van der Waals surface area contributed by atoms with Gasteiger partial charge in [-0.2, -0.15) is 13.2 Å². The minimum Gasteiger partial charge on any atom is -0.480 e. The van der Waals surface area contributed by atoms with Crippen molar-refractivity contribution in [1.29, 1.82) is 0 Å². The zero-order valence-corrected chi connectivity index (χ0v) is 20.1. The highest BCUT2D eigenvalue weighted by atomic mass is 19.4. The first-order chi connectivity index (χ1) is 17.6. The molecule has 1 aromatic carbocycles. The molecule has 37 heavy (non-hydrogen) atoms. The van der Waals surface area contributed by atoms with Crippen LogP contribution in [0.4, 0.5) is 23.4 Å². The number of hydrogen-bond donors (Lipinski definition) is 3. The molecule has 2 heterocycles. The maximum absolute atomic E-state index is 13.6. The number of halogens is 4. The van der Waals surface area contributed by atoms with Crippen LogP contribution in [0.3, 0.4) is 0 Å². The number of nitrogens with one attached hydrogen (secondary N) is 2. The Bertz CT molecular complexity index is 1140. The number of hydrogen-bond acceptors (Lipinski definition) is 5. The van der Waals surface area contributed by atoms with Gasteiger partial charge in [-0.25, -0.2) is 14.2 Å². The molecular weight excluding hydrogens is 494 g/mol. The highest BCUT2D eigenvalue weighted by Crippen LogP contribution is 2.34. The Kier molecular flexibility index (Phi) is 8.31. The molecule has 0 bridgehead atoms. The lowest BCUT2D eigenvalue weighted by molar-refractivity contribution is -0.140. The molecule has 0 radical (unpaired) electrons. The fourth-order valence-corrected chi connectivity index (χ4v) is 4.64. The van der Waals surface area contributed by atoms with E-state index in [-0.39, 0.29) is 25.2 Å². The second-order valence-corrected chi connectivity index (χ2v) is 9.59. The van der Waals surface area contributed by atoms with Crippen LogP contribution < -0.4 is 10.6 Å². The van der Waals surface area contributed by atoms with Gasteiger partial charge < -0.3 is 20.5 Å². The summed E-state index contributed by atoms with van der Waals surface area (Å²) in [6, 6.07) is 4.21. The number of carboxylic acids is 1. The van der Waals surface area contributed by atoms with E-state index in [9.17, 15) is 32.3 Å². The SMILES string of the molecule is O=C(NC(CCOC1CC(CCc2ccc3c(n2)NCCC3)C1)C(=O)O)c1cc(F)cc(C(F)(F)F)c1. The lowest BCUT2D eigenvalue weighted by Gasteiger charge is -2.35. The Morgan fingerprint density at radius 1 is 1.22 bits per heavy atom. The first kappa shape index (κ1) is 26.8. The average Bonchev–Trinajstić information content (AvgIpc) is 2.82. The van der Waals surface area contributed by atoms with Crippen molar-refractivity contribution >= 4 is 17.7 Å². The maximum Gasteiger partial charge on any atom is 0.416 e. The number of aliphatic carboxylic acids is 1. The number of anilines is 1. The largest absolute Gasteiger partial charge is 0.480 e. The quantitative estimate of drug-likeness (QED) is 0.394. The van der Waals surface area contributed by atoms with E-state index in [4.69, 9.17) is 9.72 Å². The molecule has 1 saturated carbocycles. The summed E-state index contributed by atoms with van der Waals surface area (Å²) >= 11 is 0. The van der Waals surface area contributed by atoms with Gasteiger partial charge in [-0.3, -0.25) is 4.79 Å². The summed E-state index contributed by atoms with van der Waals surface area (Å²) in [7, 11) is 0. The normalized spacial score (nSPS) is 19.8. The first-order valence-corrected chi connectivity index (χ1v) is 12.3. The number of aromatic nitrogens is 1. The van der Waals surface area contributed by atoms with Crippen LogP contribution in [-0.4, -0.2) is 47.3 Å². The van der Waals surface area contributed by atoms with Crippen LogP contribution >= 0.6 is 0 Å². The van der Waals surface area contributed by atoms with Crippen LogP contribution in [0.2, 0.25) is 0 Å². The van der Waals surface area contributed by atoms with E-state index in [0.29, 0.717) is 18.1 Å². The van der Waals surface area contributed by atoms with E-state index in [0.717, 1.165) is 56.6 Å². The number of carbonyl (C=O) groups excluding carboxylic acids is 1. The second kappa shape index (κ2) is 11.5. The van der Waals surface area contributed by atoms with E-state index in [1.807, 2.05) is 0 Å². The minimum absolute atomic E-state index is 0.00846. The van der Waals surface area contributed by atoms with Gasteiger partial charge in [-0.15, -0.1) is 0 Å². The van der Waals surface area contributed by atoms with E-state index in [1.165, 1.54) is 5.56 Å². The molecule has 1 unspecified atom stereocenters. The molecule has 200 valence electrons. The molecule has 1 aliphatic heterocycles. The molecule has 1 amide bonds. The molecule has 1 aromatic heterocycles. The topological polar surface area (TPSA) is 101 Å². The van der Waals surface area contributed by atoms with Crippen LogP contribution in [0.5, 0.6) is 0 Å². The third kappa shape index (κ3) is 7.18. The number of ether oxygens (including phenoxy) is 1. The number of rotatable bonds is 10. The third-order valence-electron chi connectivity index (χ3n) is 6.80. The van der Waals surface area contributed by atoms with Crippen molar-refractivity contribution < 1.29 is 37.0 Å². The smallest absolute Gasteiger partial charge is 0.416 e. The second-order valence-electron chi connectivity index (χ2n) is 9.59.